The number of methoxy groups -OCH3 is 2. The van der Waals surface area contributed by atoms with Crippen molar-refractivity contribution >= 4 is 17.7 Å². The first-order valence-corrected chi connectivity index (χ1v) is 8.64. The zero-order valence-electron chi connectivity index (χ0n) is 14.1. The summed E-state index contributed by atoms with van der Waals surface area (Å²) >= 11 is 1.36. The van der Waals surface area contributed by atoms with Crippen molar-refractivity contribution < 1.29 is 14.3 Å². The minimum atomic E-state index is -0.0541. The minimum Gasteiger partial charge on any atom is -0.496 e. The third-order valence-electron chi connectivity index (χ3n) is 3.34. The second-order valence-corrected chi connectivity index (χ2v) is 5.82. The number of hydrogen-bond donors (Lipinski definition) is 1. The van der Waals surface area contributed by atoms with Gasteiger partial charge in [0.15, 0.2) is 11.0 Å². The Labute approximate surface area is 145 Å². The van der Waals surface area contributed by atoms with Gasteiger partial charge in [0.05, 0.1) is 25.0 Å². The van der Waals surface area contributed by atoms with Gasteiger partial charge in [-0.05, 0) is 19.1 Å². The summed E-state index contributed by atoms with van der Waals surface area (Å²) in [5.41, 5.74) is 0.880. The number of rotatable bonds is 9. The van der Waals surface area contributed by atoms with Crippen molar-refractivity contribution in [2.75, 3.05) is 33.1 Å². The van der Waals surface area contributed by atoms with E-state index in [1.165, 1.54) is 11.8 Å². The number of hydrogen-bond acceptors (Lipinski definition) is 6. The molecule has 7 nitrogen and oxygen atoms in total. The van der Waals surface area contributed by atoms with Crippen molar-refractivity contribution in [3.8, 4) is 17.1 Å². The molecule has 2 rings (SSSR count). The Kier molecular flexibility index (Phi) is 7.07. The summed E-state index contributed by atoms with van der Waals surface area (Å²) in [4.78, 5) is 11.8. The molecular formula is C16H22N4O3S. The molecule has 0 aliphatic rings. The summed E-state index contributed by atoms with van der Waals surface area (Å²) in [6, 6.07) is 7.68. The molecule has 0 atom stereocenters. The van der Waals surface area contributed by atoms with E-state index >= 15 is 0 Å². The lowest BCUT2D eigenvalue weighted by Gasteiger charge is -2.10. The van der Waals surface area contributed by atoms with Crippen molar-refractivity contribution in [1.82, 2.24) is 20.1 Å². The van der Waals surface area contributed by atoms with Crippen LogP contribution in [0.25, 0.3) is 11.4 Å². The molecule has 24 heavy (non-hydrogen) atoms. The standard InChI is InChI=1S/C16H22N4O3S/c1-4-20-15(12-7-5-6-8-13(12)23-3)18-19-16(20)24-11-14(21)17-9-10-22-2/h5-8H,4,9-11H2,1-3H3,(H,17,21). The summed E-state index contributed by atoms with van der Waals surface area (Å²) in [6.45, 7) is 3.72. The highest BCUT2D eigenvalue weighted by Gasteiger charge is 2.17. The molecule has 1 aromatic carbocycles. The number of carbonyl (C=O) groups is 1. The predicted octanol–water partition coefficient (Wildman–Crippen LogP) is 1.83. The molecule has 0 unspecified atom stereocenters. The van der Waals surface area contributed by atoms with Crippen LogP contribution in [0.2, 0.25) is 0 Å². The quantitative estimate of drug-likeness (QED) is 0.549. The van der Waals surface area contributed by atoms with Gasteiger partial charge in [-0.15, -0.1) is 10.2 Å². The van der Waals surface area contributed by atoms with Crippen LogP contribution in [0.4, 0.5) is 0 Å². The first-order valence-electron chi connectivity index (χ1n) is 7.66. The summed E-state index contributed by atoms with van der Waals surface area (Å²) < 4.78 is 12.3. The van der Waals surface area contributed by atoms with Crippen LogP contribution >= 0.6 is 11.8 Å². The molecule has 130 valence electrons. The fraction of sp³-hybridized carbons (Fsp3) is 0.438. The molecule has 2 aromatic rings. The van der Waals surface area contributed by atoms with E-state index in [9.17, 15) is 4.79 Å². The third-order valence-corrected chi connectivity index (χ3v) is 4.31. The van der Waals surface area contributed by atoms with E-state index in [2.05, 4.69) is 15.5 Å². The largest absolute Gasteiger partial charge is 0.496 e. The first-order chi connectivity index (χ1) is 11.7. The van der Waals surface area contributed by atoms with Crippen LogP contribution in [0, 0.1) is 0 Å². The average Bonchev–Trinajstić information content (AvgIpc) is 3.02. The number of carbonyl (C=O) groups excluding carboxylic acids is 1. The third kappa shape index (κ3) is 4.48. The lowest BCUT2D eigenvalue weighted by atomic mass is 10.2. The molecule has 0 bridgehead atoms. The molecule has 0 aliphatic heterocycles. The maximum Gasteiger partial charge on any atom is 0.230 e. The smallest absolute Gasteiger partial charge is 0.230 e. The second kappa shape index (κ2) is 9.29. The highest BCUT2D eigenvalue weighted by Crippen LogP contribution is 2.30. The van der Waals surface area contributed by atoms with E-state index < -0.39 is 0 Å². The molecule has 0 aliphatic carbocycles. The van der Waals surface area contributed by atoms with E-state index in [-0.39, 0.29) is 11.7 Å². The topological polar surface area (TPSA) is 78.3 Å². The van der Waals surface area contributed by atoms with Gasteiger partial charge in [-0.25, -0.2) is 0 Å². The molecule has 1 heterocycles. The Morgan fingerprint density at radius 2 is 2.08 bits per heavy atom. The van der Waals surface area contributed by atoms with Gasteiger partial charge in [-0.2, -0.15) is 0 Å². The molecular weight excluding hydrogens is 328 g/mol. The molecule has 1 aromatic heterocycles. The monoisotopic (exact) mass is 350 g/mol. The van der Waals surface area contributed by atoms with E-state index in [4.69, 9.17) is 9.47 Å². The first kappa shape index (κ1) is 18.3. The number of nitrogens with one attached hydrogen (secondary N) is 1. The minimum absolute atomic E-state index is 0.0541. The molecule has 8 heteroatoms. The van der Waals surface area contributed by atoms with Gasteiger partial charge in [0.2, 0.25) is 5.91 Å². The van der Waals surface area contributed by atoms with Crippen LogP contribution < -0.4 is 10.1 Å². The summed E-state index contributed by atoms with van der Waals surface area (Å²) in [5.74, 6) is 1.71. The number of ether oxygens (including phenoxy) is 2. The van der Waals surface area contributed by atoms with Gasteiger partial charge < -0.3 is 19.4 Å². The summed E-state index contributed by atoms with van der Waals surface area (Å²) in [5, 5.41) is 12.0. The Hall–Kier alpha value is -2.06. The van der Waals surface area contributed by atoms with Crippen LogP contribution in [0.1, 0.15) is 6.92 Å². The van der Waals surface area contributed by atoms with Gasteiger partial charge in [0.25, 0.3) is 0 Å². The van der Waals surface area contributed by atoms with Gasteiger partial charge in [-0.1, -0.05) is 23.9 Å². The average molecular weight is 350 g/mol. The van der Waals surface area contributed by atoms with Gasteiger partial charge in [0.1, 0.15) is 5.75 Å². The Morgan fingerprint density at radius 1 is 1.29 bits per heavy atom. The molecule has 1 amide bonds. The van der Waals surface area contributed by atoms with E-state index in [0.29, 0.717) is 24.9 Å². The Balaban J connectivity index is 2.11. The highest BCUT2D eigenvalue weighted by atomic mass is 32.2. The van der Waals surface area contributed by atoms with E-state index in [1.807, 2.05) is 35.8 Å². The SMILES string of the molecule is CCn1c(SCC(=O)NCCOC)nnc1-c1ccccc1OC. The number of aromatic nitrogens is 3. The zero-order valence-corrected chi connectivity index (χ0v) is 14.9. The fourth-order valence-corrected chi connectivity index (χ4v) is 3.02. The van der Waals surface area contributed by atoms with Crippen molar-refractivity contribution in [3.63, 3.8) is 0 Å². The van der Waals surface area contributed by atoms with E-state index in [1.54, 1.807) is 14.2 Å². The van der Waals surface area contributed by atoms with E-state index in [0.717, 1.165) is 17.1 Å². The van der Waals surface area contributed by atoms with Crippen LogP contribution in [-0.2, 0) is 16.1 Å². The van der Waals surface area contributed by atoms with Crippen molar-refractivity contribution in [2.45, 2.75) is 18.6 Å². The summed E-state index contributed by atoms with van der Waals surface area (Å²) in [7, 11) is 3.23. The van der Waals surface area contributed by atoms with Gasteiger partial charge in [0, 0.05) is 20.2 Å². The lowest BCUT2D eigenvalue weighted by molar-refractivity contribution is -0.118. The number of amides is 1. The number of benzene rings is 1. The molecule has 0 spiro atoms. The fourth-order valence-electron chi connectivity index (χ4n) is 2.18. The van der Waals surface area contributed by atoms with Crippen molar-refractivity contribution in [1.29, 1.82) is 0 Å². The van der Waals surface area contributed by atoms with Crippen LogP contribution in [0.15, 0.2) is 29.4 Å². The van der Waals surface area contributed by atoms with Crippen LogP contribution in [-0.4, -0.2) is 53.8 Å². The number of para-hydroxylation sites is 1. The molecule has 0 fully saturated rings. The molecule has 0 radical (unpaired) electrons. The summed E-state index contributed by atoms with van der Waals surface area (Å²) in [6.07, 6.45) is 0. The molecule has 0 saturated carbocycles. The van der Waals surface area contributed by atoms with Crippen molar-refractivity contribution in [3.05, 3.63) is 24.3 Å². The number of nitrogens with zero attached hydrogens (tertiary/aromatic N) is 3. The van der Waals surface area contributed by atoms with Crippen molar-refractivity contribution in [2.24, 2.45) is 0 Å². The Bertz CT molecular complexity index is 675. The Morgan fingerprint density at radius 3 is 2.79 bits per heavy atom. The van der Waals surface area contributed by atoms with Crippen LogP contribution in [0.3, 0.4) is 0 Å². The predicted molar refractivity (Wildman–Crippen MR) is 93.3 cm³/mol. The second-order valence-electron chi connectivity index (χ2n) is 4.88. The molecule has 0 saturated heterocycles. The van der Waals surface area contributed by atoms with Gasteiger partial charge >= 0.3 is 0 Å². The molecule has 1 N–H and O–H groups in total. The van der Waals surface area contributed by atoms with Crippen LogP contribution in [0.5, 0.6) is 5.75 Å². The van der Waals surface area contributed by atoms with Gasteiger partial charge in [-0.3, -0.25) is 4.79 Å². The highest BCUT2D eigenvalue weighted by molar-refractivity contribution is 7.99. The maximum atomic E-state index is 11.8. The number of thioether (sulfide) groups is 1. The lowest BCUT2D eigenvalue weighted by Crippen LogP contribution is -2.28. The maximum absolute atomic E-state index is 11.8. The zero-order chi connectivity index (χ0) is 17.4. The normalized spacial score (nSPS) is 10.6.